The number of carbonyl (C=O) groups is 1. The number of thiazole rings is 1. The molecule has 4 heteroatoms. The van der Waals surface area contributed by atoms with E-state index in [1.807, 2.05) is 47.4 Å². The minimum atomic E-state index is 0.0612. The molecule has 0 saturated heterocycles. The summed E-state index contributed by atoms with van der Waals surface area (Å²) in [6.45, 7) is 6.74. The van der Waals surface area contributed by atoms with Crippen molar-refractivity contribution in [3.63, 3.8) is 0 Å². The van der Waals surface area contributed by atoms with Gasteiger partial charge in [0.1, 0.15) is 0 Å². The van der Waals surface area contributed by atoms with Gasteiger partial charge in [0.25, 0.3) is 0 Å². The van der Waals surface area contributed by atoms with Gasteiger partial charge < -0.3 is 0 Å². The van der Waals surface area contributed by atoms with Crippen LogP contribution in [0.3, 0.4) is 0 Å². The normalized spacial score (nSPS) is 11.0. The molecule has 3 aromatic carbocycles. The van der Waals surface area contributed by atoms with Gasteiger partial charge in [0.15, 0.2) is 5.13 Å². The summed E-state index contributed by atoms with van der Waals surface area (Å²) in [7, 11) is 0. The second kappa shape index (κ2) is 8.18. The third-order valence-corrected chi connectivity index (χ3v) is 6.04. The molecule has 3 nitrogen and oxygen atoms in total. The predicted molar refractivity (Wildman–Crippen MR) is 122 cm³/mol. The van der Waals surface area contributed by atoms with Crippen molar-refractivity contribution < 1.29 is 4.79 Å². The van der Waals surface area contributed by atoms with Gasteiger partial charge in [-0.05, 0) is 49.1 Å². The van der Waals surface area contributed by atoms with E-state index in [9.17, 15) is 4.79 Å². The number of hydrogen-bond donors (Lipinski definition) is 0. The fourth-order valence-electron chi connectivity index (χ4n) is 3.48. The Morgan fingerprint density at radius 1 is 0.897 bits per heavy atom. The molecule has 1 aromatic heterocycles. The predicted octanol–water partition coefficient (Wildman–Crippen LogP) is 6.00. The Morgan fingerprint density at radius 2 is 1.62 bits per heavy atom. The van der Waals surface area contributed by atoms with E-state index in [1.54, 1.807) is 11.3 Å². The van der Waals surface area contributed by atoms with Gasteiger partial charge in [0, 0.05) is 0 Å². The molecule has 0 spiro atoms. The number of benzene rings is 3. The number of aromatic nitrogens is 1. The molecule has 0 aliphatic rings. The first-order chi connectivity index (χ1) is 14.0. The molecule has 4 aromatic rings. The molecule has 146 valence electrons. The molecule has 4 rings (SSSR count). The lowest BCUT2D eigenvalue weighted by molar-refractivity contribution is -0.118. The third kappa shape index (κ3) is 4.38. The topological polar surface area (TPSA) is 33.2 Å². The van der Waals surface area contributed by atoms with Gasteiger partial charge in [-0.1, -0.05) is 77.6 Å². The van der Waals surface area contributed by atoms with Crippen molar-refractivity contribution in [2.45, 2.75) is 33.7 Å². The van der Waals surface area contributed by atoms with Crippen LogP contribution in [0, 0.1) is 20.8 Å². The largest absolute Gasteiger partial charge is 0.283 e. The number of nitrogens with zero attached hydrogens (tertiary/aromatic N) is 2. The highest BCUT2D eigenvalue weighted by Crippen LogP contribution is 2.32. The summed E-state index contributed by atoms with van der Waals surface area (Å²) in [4.78, 5) is 20.0. The van der Waals surface area contributed by atoms with Crippen molar-refractivity contribution >= 4 is 32.6 Å². The lowest BCUT2D eigenvalue weighted by Crippen LogP contribution is -2.31. The first kappa shape index (κ1) is 19.3. The van der Waals surface area contributed by atoms with E-state index in [0.29, 0.717) is 13.0 Å². The third-order valence-electron chi connectivity index (χ3n) is 5.01. The van der Waals surface area contributed by atoms with Crippen LogP contribution in [-0.4, -0.2) is 10.9 Å². The van der Waals surface area contributed by atoms with Crippen LogP contribution >= 0.6 is 11.3 Å². The summed E-state index contributed by atoms with van der Waals surface area (Å²) >= 11 is 1.59. The highest BCUT2D eigenvalue weighted by atomic mass is 32.1. The van der Waals surface area contributed by atoms with Crippen molar-refractivity contribution in [1.82, 2.24) is 4.98 Å². The van der Waals surface area contributed by atoms with Crippen LogP contribution in [0.2, 0.25) is 0 Å². The Hall–Kier alpha value is -2.98. The maximum absolute atomic E-state index is 13.3. The average Bonchev–Trinajstić information content (AvgIpc) is 3.12. The fourth-order valence-corrected chi connectivity index (χ4v) is 4.64. The number of aryl methyl sites for hydroxylation is 3. The molecule has 0 N–H and O–H groups in total. The highest BCUT2D eigenvalue weighted by Gasteiger charge is 2.21. The maximum atomic E-state index is 13.3. The molecule has 0 atom stereocenters. The van der Waals surface area contributed by atoms with Gasteiger partial charge >= 0.3 is 0 Å². The van der Waals surface area contributed by atoms with Crippen LogP contribution in [-0.2, 0) is 17.8 Å². The lowest BCUT2D eigenvalue weighted by atomic mass is 10.1. The van der Waals surface area contributed by atoms with Crippen molar-refractivity contribution in [2.75, 3.05) is 4.90 Å². The first-order valence-electron chi connectivity index (χ1n) is 9.77. The molecule has 0 unspecified atom stereocenters. The van der Waals surface area contributed by atoms with E-state index < -0.39 is 0 Å². The molecular weight excluding hydrogens is 376 g/mol. The van der Waals surface area contributed by atoms with Crippen LogP contribution in [0.4, 0.5) is 5.13 Å². The van der Waals surface area contributed by atoms with Gasteiger partial charge in [-0.2, -0.15) is 0 Å². The Bertz CT molecular complexity index is 1150. The van der Waals surface area contributed by atoms with Gasteiger partial charge in [-0.3, -0.25) is 9.69 Å². The second-order valence-electron chi connectivity index (χ2n) is 7.55. The molecule has 0 bridgehead atoms. The summed E-state index contributed by atoms with van der Waals surface area (Å²) in [5.74, 6) is 0.0612. The minimum Gasteiger partial charge on any atom is -0.283 e. The Kier molecular flexibility index (Phi) is 5.45. The number of anilines is 1. The number of amides is 1. The average molecular weight is 401 g/mol. The molecule has 0 fully saturated rings. The summed E-state index contributed by atoms with van der Waals surface area (Å²) in [6, 6.07) is 22.5. The highest BCUT2D eigenvalue weighted by molar-refractivity contribution is 7.22. The van der Waals surface area contributed by atoms with E-state index in [-0.39, 0.29) is 5.91 Å². The Morgan fingerprint density at radius 3 is 2.34 bits per heavy atom. The summed E-state index contributed by atoms with van der Waals surface area (Å²) < 4.78 is 1.12. The molecule has 0 aliphatic carbocycles. The van der Waals surface area contributed by atoms with Gasteiger partial charge in [0.05, 0.1) is 23.2 Å². The van der Waals surface area contributed by atoms with Crippen molar-refractivity contribution in [1.29, 1.82) is 0 Å². The minimum absolute atomic E-state index is 0.0612. The zero-order chi connectivity index (χ0) is 20.4. The zero-order valence-corrected chi connectivity index (χ0v) is 17.8. The van der Waals surface area contributed by atoms with Crippen LogP contribution in [0.25, 0.3) is 10.2 Å². The SMILES string of the molecule is Cc1ccc(CC(=O)N(Cc2ccccc2)c2nc3c(C)cc(C)cc3s2)cc1. The maximum Gasteiger partial charge on any atom is 0.233 e. The summed E-state index contributed by atoms with van der Waals surface area (Å²) in [6.07, 6.45) is 0.362. The molecule has 1 amide bonds. The molecule has 1 heterocycles. The Balaban J connectivity index is 1.70. The first-order valence-corrected chi connectivity index (χ1v) is 10.6. The fraction of sp³-hybridized carbons (Fsp3) is 0.200. The van der Waals surface area contributed by atoms with Crippen molar-refractivity contribution in [2.24, 2.45) is 0 Å². The van der Waals surface area contributed by atoms with Crippen LogP contribution in [0.15, 0.2) is 66.7 Å². The summed E-state index contributed by atoms with van der Waals surface area (Å²) in [5.41, 5.74) is 6.65. The lowest BCUT2D eigenvalue weighted by Gasteiger charge is -2.20. The molecule has 0 aliphatic heterocycles. The standard InChI is InChI=1S/C25H24N2OS/c1-17-9-11-20(12-10-17)15-23(28)27(16-21-7-5-4-6-8-21)25-26-24-19(3)13-18(2)14-22(24)29-25/h4-14H,15-16H2,1-3H3. The molecular formula is C25H24N2OS. The van der Waals surface area contributed by atoms with E-state index in [2.05, 4.69) is 45.0 Å². The molecule has 29 heavy (non-hydrogen) atoms. The van der Waals surface area contributed by atoms with E-state index in [4.69, 9.17) is 4.98 Å². The van der Waals surface area contributed by atoms with E-state index >= 15 is 0 Å². The Labute approximate surface area is 175 Å². The number of rotatable bonds is 5. The molecule has 0 saturated carbocycles. The van der Waals surface area contributed by atoms with Crippen molar-refractivity contribution in [3.05, 3.63) is 94.5 Å². The van der Waals surface area contributed by atoms with E-state index in [0.717, 1.165) is 32.0 Å². The van der Waals surface area contributed by atoms with E-state index in [1.165, 1.54) is 11.1 Å². The van der Waals surface area contributed by atoms with Crippen LogP contribution in [0.5, 0.6) is 0 Å². The zero-order valence-electron chi connectivity index (χ0n) is 17.0. The smallest absolute Gasteiger partial charge is 0.233 e. The number of fused-ring (bicyclic) bond motifs is 1. The second-order valence-corrected chi connectivity index (χ2v) is 8.56. The number of hydrogen-bond acceptors (Lipinski definition) is 3. The van der Waals surface area contributed by atoms with Crippen molar-refractivity contribution in [3.8, 4) is 0 Å². The quantitative estimate of drug-likeness (QED) is 0.412. The monoisotopic (exact) mass is 400 g/mol. The molecule has 0 radical (unpaired) electrons. The number of carbonyl (C=O) groups excluding carboxylic acids is 1. The summed E-state index contributed by atoms with van der Waals surface area (Å²) in [5, 5.41) is 0.759. The van der Waals surface area contributed by atoms with Crippen LogP contribution in [0.1, 0.15) is 27.8 Å². The van der Waals surface area contributed by atoms with Gasteiger partial charge in [0.2, 0.25) is 5.91 Å². The van der Waals surface area contributed by atoms with Gasteiger partial charge in [-0.15, -0.1) is 0 Å². The van der Waals surface area contributed by atoms with Crippen LogP contribution < -0.4 is 4.90 Å². The van der Waals surface area contributed by atoms with Gasteiger partial charge in [-0.25, -0.2) is 4.98 Å².